The molecule has 3 heterocycles. The van der Waals surface area contributed by atoms with Crippen LogP contribution in [-0.4, -0.2) is 64.1 Å². The summed E-state index contributed by atoms with van der Waals surface area (Å²) in [4.78, 5) is 3.97. The van der Waals surface area contributed by atoms with E-state index < -0.39 is 17.9 Å². The lowest BCUT2D eigenvalue weighted by Gasteiger charge is -2.16. The summed E-state index contributed by atoms with van der Waals surface area (Å²) in [6.07, 6.45) is 7.77. The molecule has 4 aromatic rings. The highest BCUT2D eigenvalue weighted by molar-refractivity contribution is 7.90. The Morgan fingerprint density at radius 2 is 1.91 bits per heavy atom. The van der Waals surface area contributed by atoms with Crippen LogP contribution in [0.5, 0.6) is 0 Å². The van der Waals surface area contributed by atoms with Crippen molar-refractivity contribution >= 4 is 28.8 Å². The number of nitrogens with zero attached hydrogens (tertiary/aromatic N) is 7. The van der Waals surface area contributed by atoms with E-state index in [0.717, 1.165) is 34.5 Å². The first-order valence-corrected chi connectivity index (χ1v) is 15.7. The van der Waals surface area contributed by atoms with Crippen molar-refractivity contribution in [1.29, 1.82) is 0 Å². The summed E-state index contributed by atoms with van der Waals surface area (Å²) in [5.74, 6) is 0. The van der Waals surface area contributed by atoms with E-state index in [1.54, 1.807) is 21.8 Å². The van der Waals surface area contributed by atoms with Gasteiger partial charge in [-0.2, -0.15) is 10.2 Å². The molecular weight excluding hydrogens is 446 g/mol. The van der Waals surface area contributed by atoms with Gasteiger partial charge in [-0.15, -0.1) is 10.2 Å². The van der Waals surface area contributed by atoms with Crippen LogP contribution in [0, 0.1) is 0 Å². The monoisotopic (exact) mass is 471 g/mol. The molecule has 3 aromatic heterocycles. The van der Waals surface area contributed by atoms with Crippen LogP contribution in [0.1, 0.15) is 0 Å². The predicted molar refractivity (Wildman–Crippen MR) is 123 cm³/mol. The summed E-state index contributed by atoms with van der Waals surface area (Å²) < 4.78 is 32.8. The van der Waals surface area contributed by atoms with Gasteiger partial charge in [0.05, 0.1) is 23.6 Å². The molecule has 0 saturated heterocycles. The largest absolute Gasteiger partial charge is 0.360 e. The number of hydrogen-bond acceptors (Lipinski definition) is 8. The number of hydrogen-bond donors (Lipinski definition) is 0. The molecule has 4 rings (SSSR count). The number of rotatable bonds is 8. The van der Waals surface area contributed by atoms with Crippen LogP contribution in [0.25, 0.3) is 27.8 Å². The Morgan fingerprint density at radius 3 is 2.53 bits per heavy atom. The van der Waals surface area contributed by atoms with Crippen molar-refractivity contribution < 1.29 is 13.2 Å². The Hall–Kier alpha value is -2.96. The molecule has 0 atom stereocenters. The van der Waals surface area contributed by atoms with Gasteiger partial charge in [-0.3, -0.25) is 0 Å². The molecule has 0 amide bonds. The minimum Gasteiger partial charge on any atom is -0.360 e. The predicted octanol–water partition coefficient (Wildman–Crippen LogP) is 2.79. The zero-order valence-electron chi connectivity index (χ0n) is 18.4. The van der Waals surface area contributed by atoms with E-state index in [4.69, 9.17) is 4.74 Å². The van der Waals surface area contributed by atoms with Gasteiger partial charge in [0.2, 0.25) is 9.84 Å². The molecule has 0 aliphatic heterocycles. The quantitative estimate of drug-likeness (QED) is 0.284. The number of aromatic nitrogens is 7. The van der Waals surface area contributed by atoms with Crippen LogP contribution in [0.3, 0.4) is 0 Å². The van der Waals surface area contributed by atoms with E-state index in [9.17, 15) is 8.42 Å². The van der Waals surface area contributed by atoms with Crippen LogP contribution in [0.2, 0.25) is 25.7 Å². The molecule has 0 fully saturated rings. The zero-order valence-corrected chi connectivity index (χ0v) is 20.2. The highest BCUT2D eigenvalue weighted by Gasteiger charge is 2.18. The Kier molecular flexibility index (Phi) is 5.92. The van der Waals surface area contributed by atoms with Crippen LogP contribution < -0.4 is 0 Å². The minimum atomic E-state index is -3.53. The maximum atomic E-state index is 11.7. The van der Waals surface area contributed by atoms with Crippen LogP contribution in [0.15, 0.2) is 48.1 Å². The molecule has 10 nitrogen and oxygen atoms in total. The fourth-order valence-corrected chi connectivity index (χ4v) is 4.38. The number of sulfone groups is 1. The number of benzene rings is 1. The minimum absolute atomic E-state index is 0.308. The smallest absolute Gasteiger partial charge is 0.267 e. The molecule has 0 spiro atoms. The Labute approximate surface area is 187 Å². The molecular formula is C20H25N7O3SSi. The molecule has 0 radical (unpaired) electrons. The topological polar surface area (TPSA) is 118 Å². The lowest BCUT2D eigenvalue weighted by molar-refractivity contribution is 0.0817. The van der Waals surface area contributed by atoms with E-state index in [1.165, 1.54) is 6.20 Å². The van der Waals surface area contributed by atoms with Gasteiger partial charge in [-0.1, -0.05) is 19.6 Å². The summed E-state index contributed by atoms with van der Waals surface area (Å²) in [7, 11) is -4.72. The van der Waals surface area contributed by atoms with Crippen molar-refractivity contribution in [2.75, 3.05) is 12.9 Å². The molecule has 0 aliphatic rings. The maximum Gasteiger partial charge on any atom is 0.267 e. The Bertz CT molecular complexity index is 1330. The van der Waals surface area contributed by atoms with Crippen LogP contribution in [0.4, 0.5) is 0 Å². The summed E-state index contributed by atoms with van der Waals surface area (Å²) in [6, 6.07) is 6.71. The normalized spacial score (nSPS) is 12.5. The van der Waals surface area contributed by atoms with Crippen molar-refractivity contribution in [2.24, 2.45) is 0 Å². The summed E-state index contributed by atoms with van der Waals surface area (Å²) in [5.41, 5.74) is 2.86. The average Bonchev–Trinajstić information content (AvgIpc) is 3.40. The van der Waals surface area contributed by atoms with E-state index >= 15 is 0 Å². The highest BCUT2D eigenvalue weighted by Crippen LogP contribution is 2.31. The van der Waals surface area contributed by atoms with Crippen LogP contribution in [-0.2, 0) is 21.3 Å². The zero-order chi connectivity index (χ0) is 22.9. The molecule has 1 aromatic carbocycles. The number of ether oxygens (including phenoxy) is 1. The molecule has 168 valence electrons. The first-order valence-electron chi connectivity index (χ1n) is 10.1. The van der Waals surface area contributed by atoms with E-state index in [0.29, 0.717) is 19.0 Å². The lowest BCUT2D eigenvalue weighted by Crippen LogP contribution is -2.22. The van der Waals surface area contributed by atoms with Gasteiger partial charge in [0.1, 0.15) is 12.4 Å². The fourth-order valence-electron chi connectivity index (χ4n) is 3.19. The van der Waals surface area contributed by atoms with Gasteiger partial charge in [0, 0.05) is 44.3 Å². The standard InChI is InChI=1S/C20H25N7O3SSi/c1-31(28,29)20-21-13-17(24-25-20)15-6-7-18(26-9-5-8-22-26)19-16(15)12-23-27(19)14-30-10-11-32(2,3)4/h5-9,12-13H,10-11,14H2,1-4H3. The highest BCUT2D eigenvalue weighted by atomic mass is 32.2. The summed E-state index contributed by atoms with van der Waals surface area (Å²) in [5, 5.41) is 17.3. The van der Waals surface area contributed by atoms with Crippen molar-refractivity contribution in [2.45, 2.75) is 37.6 Å². The Morgan fingerprint density at radius 1 is 1.09 bits per heavy atom. The van der Waals surface area contributed by atoms with Crippen molar-refractivity contribution in [3.8, 4) is 16.9 Å². The first kappa shape index (κ1) is 22.2. The molecule has 0 aliphatic carbocycles. The fraction of sp³-hybridized carbons (Fsp3) is 0.350. The van der Waals surface area contributed by atoms with Gasteiger partial charge < -0.3 is 4.74 Å². The average molecular weight is 472 g/mol. The third-order valence-corrected chi connectivity index (χ3v) is 7.44. The first-order chi connectivity index (χ1) is 15.1. The van der Waals surface area contributed by atoms with E-state index in [-0.39, 0.29) is 5.16 Å². The summed E-state index contributed by atoms with van der Waals surface area (Å²) in [6.45, 7) is 7.92. The van der Waals surface area contributed by atoms with Gasteiger partial charge in [-0.05, 0) is 24.2 Å². The molecule has 0 saturated carbocycles. The van der Waals surface area contributed by atoms with E-state index in [2.05, 4.69) is 45.0 Å². The number of fused-ring (bicyclic) bond motifs is 1. The molecule has 0 unspecified atom stereocenters. The second kappa shape index (κ2) is 8.52. The maximum absolute atomic E-state index is 11.7. The van der Waals surface area contributed by atoms with Crippen molar-refractivity contribution in [3.63, 3.8) is 0 Å². The van der Waals surface area contributed by atoms with Crippen LogP contribution >= 0.6 is 0 Å². The molecule has 0 bridgehead atoms. The summed E-state index contributed by atoms with van der Waals surface area (Å²) >= 11 is 0. The van der Waals surface area contributed by atoms with Gasteiger partial charge >= 0.3 is 0 Å². The van der Waals surface area contributed by atoms with Gasteiger partial charge in [0.15, 0.2) is 0 Å². The van der Waals surface area contributed by atoms with E-state index in [1.807, 2.05) is 24.4 Å². The van der Waals surface area contributed by atoms with Crippen molar-refractivity contribution in [3.05, 3.63) is 43.0 Å². The Balaban J connectivity index is 1.74. The van der Waals surface area contributed by atoms with Gasteiger partial charge in [-0.25, -0.2) is 22.8 Å². The molecule has 0 N–H and O–H groups in total. The second-order valence-corrected chi connectivity index (χ2v) is 16.3. The second-order valence-electron chi connectivity index (χ2n) is 8.74. The lowest BCUT2D eigenvalue weighted by atomic mass is 10.1. The third-order valence-electron chi connectivity index (χ3n) is 4.89. The van der Waals surface area contributed by atoms with Crippen molar-refractivity contribution in [1.82, 2.24) is 34.7 Å². The SMILES string of the molecule is C[Si](C)(C)CCOCn1ncc2c(-c3cnc(S(C)(=O)=O)nn3)ccc(-n3cccn3)c21. The molecule has 12 heteroatoms. The molecule has 32 heavy (non-hydrogen) atoms. The van der Waals surface area contributed by atoms with Gasteiger partial charge in [0.25, 0.3) is 5.16 Å². The third kappa shape index (κ3) is 4.76.